The lowest BCUT2D eigenvalue weighted by molar-refractivity contribution is -0.148. The Morgan fingerprint density at radius 3 is 2.09 bits per heavy atom. The molecule has 0 spiro atoms. The van der Waals surface area contributed by atoms with E-state index in [0.29, 0.717) is 4.88 Å². The van der Waals surface area contributed by atoms with E-state index in [2.05, 4.69) is 22.8 Å². The number of ether oxygens (including phenoxy) is 1. The van der Waals surface area contributed by atoms with Gasteiger partial charge in [0.2, 0.25) is 5.91 Å². The number of aliphatic carboxylic acids is 1. The highest BCUT2D eigenvalue weighted by Gasteiger charge is 2.39. The van der Waals surface area contributed by atoms with E-state index in [1.807, 2.05) is 36.4 Å². The molecule has 1 atom stereocenters. The molecule has 4 rings (SSSR count). The van der Waals surface area contributed by atoms with Crippen LogP contribution in [-0.4, -0.2) is 35.2 Å². The lowest BCUT2D eigenvalue weighted by Gasteiger charge is -2.30. The molecule has 1 heterocycles. The summed E-state index contributed by atoms with van der Waals surface area (Å²) in [6, 6.07) is 18.5. The molecule has 35 heavy (non-hydrogen) atoms. The number of alkyl carbamates (subject to hydrolysis) is 1. The number of amides is 2. The molecule has 1 aliphatic carbocycles. The van der Waals surface area contributed by atoms with Gasteiger partial charge in [-0.15, -0.1) is 11.3 Å². The van der Waals surface area contributed by atoms with Crippen molar-refractivity contribution in [2.45, 2.75) is 44.2 Å². The number of carboxylic acids is 1. The number of hydrogen-bond acceptors (Lipinski definition) is 5. The van der Waals surface area contributed by atoms with Gasteiger partial charge < -0.3 is 20.5 Å². The molecule has 1 aliphatic rings. The number of carboxylic acid groups (broad SMARTS) is 1. The van der Waals surface area contributed by atoms with Crippen molar-refractivity contribution in [2.75, 3.05) is 6.61 Å². The van der Waals surface area contributed by atoms with Crippen molar-refractivity contribution in [3.8, 4) is 11.1 Å². The summed E-state index contributed by atoms with van der Waals surface area (Å²) in [7, 11) is 0. The topological polar surface area (TPSA) is 105 Å². The smallest absolute Gasteiger partial charge is 0.408 e. The van der Waals surface area contributed by atoms with Gasteiger partial charge in [-0.05, 0) is 46.5 Å². The largest absolute Gasteiger partial charge is 0.480 e. The minimum atomic E-state index is -1.41. The molecule has 0 fully saturated rings. The average Bonchev–Trinajstić information content (AvgIpc) is 3.51. The molecule has 8 heteroatoms. The predicted molar refractivity (Wildman–Crippen MR) is 134 cm³/mol. The van der Waals surface area contributed by atoms with Crippen molar-refractivity contribution in [3.05, 3.63) is 82.0 Å². The Kier molecular flexibility index (Phi) is 7.21. The number of fused-ring (bicyclic) bond motifs is 3. The van der Waals surface area contributed by atoms with Crippen molar-refractivity contribution in [2.24, 2.45) is 0 Å². The quantitative estimate of drug-likeness (QED) is 0.386. The SMILES string of the molecule is CCC(CC)(NC(=O)C(NC(=O)OCC1c2ccccc2-c2ccccc21)c1cccs1)C(=O)O. The summed E-state index contributed by atoms with van der Waals surface area (Å²) in [6.07, 6.45) is -0.311. The van der Waals surface area contributed by atoms with Crippen LogP contribution in [0.5, 0.6) is 0 Å². The molecule has 3 aromatic rings. The minimum absolute atomic E-state index is 0.109. The number of hydrogen-bond donors (Lipinski definition) is 3. The third kappa shape index (κ3) is 4.79. The van der Waals surface area contributed by atoms with E-state index in [9.17, 15) is 19.5 Å². The van der Waals surface area contributed by atoms with Gasteiger partial charge in [0.25, 0.3) is 0 Å². The van der Waals surface area contributed by atoms with Crippen molar-refractivity contribution < 1.29 is 24.2 Å². The third-order valence-electron chi connectivity index (χ3n) is 6.67. The second kappa shape index (κ2) is 10.3. The minimum Gasteiger partial charge on any atom is -0.480 e. The Balaban J connectivity index is 1.49. The van der Waals surface area contributed by atoms with Crippen LogP contribution < -0.4 is 10.6 Å². The normalized spacial score (nSPS) is 13.4. The molecule has 182 valence electrons. The fourth-order valence-electron chi connectivity index (χ4n) is 4.57. The highest BCUT2D eigenvalue weighted by molar-refractivity contribution is 7.10. The van der Waals surface area contributed by atoms with Crippen LogP contribution in [0.3, 0.4) is 0 Å². The van der Waals surface area contributed by atoms with Gasteiger partial charge in [-0.1, -0.05) is 68.4 Å². The summed E-state index contributed by atoms with van der Waals surface area (Å²) in [5, 5.41) is 16.8. The average molecular weight is 493 g/mol. The van der Waals surface area contributed by atoms with E-state index in [4.69, 9.17) is 4.74 Å². The second-order valence-corrected chi connectivity index (χ2v) is 9.48. The van der Waals surface area contributed by atoms with Crippen LogP contribution in [0.1, 0.15) is 54.7 Å². The Morgan fingerprint density at radius 2 is 1.57 bits per heavy atom. The molecule has 0 saturated carbocycles. The number of nitrogens with one attached hydrogen (secondary N) is 2. The van der Waals surface area contributed by atoms with Crippen LogP contribution >= 0.6 is 11.3 Å². The molecule has 0 bridgehead atoms. The third-order valence-corrected chi connectivity index (χ3v) is 7.61. The van der Waals surface area contributed by atoms with E-state index in [1.165, 1.54) is 11.3 Å². The monoisotopic (exact) mass is 492 g/mol. The summed E-state index contributed by atoms with van der Waals surface area (Å²) in [6.45, 7) is 3.52. The molecule has 2 aromatic carbocycles. The van der Waals surface area contributed by atoms with Crippen LogP contribution in [0.4, 0.5) is 4.79 Å². The number of thiophene rings is 1. The molecule has 3 N–H and O–H groups in total. The van der Waals surface area contributed by atoms with Gasteiger partial charge in [-0.3, -0.25) is 4.79 Å². The first-order chi connectivity index (χ1) is 16.9. The summed E-state index contributed by atoms with van der Waals surface area (Å²) >= 11 is 1.30. The predicted octanol–water partition coefficient (Wildman–Crippen LogP) is 5.09. The number of carbonyl (C=O) groups excluding carboxylic acids is 2. The van der Waals surface area contributed by atoms with E-state index in [1.54, 1.807) is 31.4 Å². The first kappa shape index (κ1) is 24.5. The molecular formula is C27H28N2O5S. The molecule has 0 radical (unpaired) electrons. The van der Waals surface area contributed by atoms with Crippen LogP contribution in [0.2, 0.25) is 0 Å². The molecule has 0 saturated heterocycles. The fourth-order valence-corrected chi connectivity index (χ4v) is 5.34. The first-order valence-corrected chi connectivity index (χ1v) is 12.5. The van der Waals surface area contributed by atoms with Gasteiger partial charge in [-0.2, -0.15) is 0 Å². The van der Waals surface area contributed by atoms with Crippen LogP contribution in [-0.2, 0) is 14.3 Å². The molecule has 2 amide bonds. The number of benzene rings is 2. The second-order valence-electron chi connectivity index (χ2n) is 8.50. The maximum absolute atomic E-state index is 13.2. The summed E-state index contributed by atoms with van der Waals surface area (Å²) in [4.78, 5) is 38.5. The Labute approximate surface area is 208 Å². The molecule has 1 aromatic heterocycles. The first-order valence-electron chi connectivity index (χ1n) is 11.6. The zero-order valence-electron chi connectivity index (χ0n) is 19.6. The van der Waals surface area contributed by atoms with Crippen LogP contribution in [0.15, 0.2) is 66.0 Å². The Hall–Kier alpha value is -3.65. The van der Waals surface area contributed by atoms with Crippen molar-refractivity contribution >= 4 is 29.3 Å². The fraction of sp³-hybridized carbons (Fsp3) is 0.296. The molecule has 7 nitrogen and oxygen atoms in total. The van der Waals surface area contributed by atoms with Crippen molar-refractivity contribution in [1.82, 2.24) is 10.6 Å². The van der Waals surface area contributed by atoms with E-state index in [0.717, 1.165) is 22.3 Å². The van der Waals surface area contributed by atoms with Gasteiger partial charge in [0.15, 0.2) is 0 Å². The summed E-state index contributed by atoms with van der Waals surface area (Å²) < 4.78 is 5.61. The van der Waals surface area contributed by atoms with E-state index >= 15 is 0 Å². The zero-order valence-corrected chi connectivity index (χ0v) is 20.4. The van der Waals surface area contributed by atoms with Crippen LogP contribution in [0.25, 0.3) is 11.1 Å². The Bertz CT molecular complexity index is 1170. The van der Waals surface area contributed by atoms with E-state index < -0.39 is 29.6 Å². The van der Waals surface area contributed by atoms with Gasteiger partial charge >= 0.3 is 12.1 Å². The van der Waals surface area contributed by atoms with E-state index in [-0.39, 0.29) is 25.4 Å². The van der Waals surface area contributed by atoms with Crippen molar-refractivity contribution in [3.63, 3.8) is 0 Å². The van der Waals surface area contributed by atoms with Crippen molar-refractivity contribution in [1.29, 1.82) is 0 Å². The highest BCUT2D eigenvalue weighted by Crippen LogP contribution is 2.44. The number of rotatable bonds is 9. The lowest BCUT2D eigenvalue weighted by Crippen LogP contribution is -2.56. The van der Waals surface area contributed by atoms with Gasteiger partial charge in [0.05, 0.1) is 0 Å². The Morgan fingerprint density at radius 1 is 0.971 bits per heavy atom. The van der Waals surface area contributed by atoms with Crippen LogP contribution in [0, 0.1) is 0 Å². The van der Waals surface area contributed by atoms with Gasteiger partial charge in [0, 0.05) is 10.8 Å². The maximum atomic E-state index is 13.2. The standard InChI is InChI=1S/C27H28N2O5S/c1-3-27(4-2,25(31)32)29-24(30)23(22-14-9-15-35-22)28-26(33)34-16-21-19-12-7-5-10-17(19)18-11-6-8-13-20(18)21/h5-15,21,23H,3-4,16H2,1-2H3,(H,28,33)(H,29,30)(H,31,32). The lowest BCUT2D eigenvalue weighted by atomic mass is 9.92. The highest BCUT2D eigenvalue weighted by atomic mass is 32.1. The maximum Gasteiger partial charge on any atom is 0.408 e. The summed E-state index contributed by atoms with van der Waals surface area (Å²) in [5.41, 5.74) is 3.02. The molecule has 0 aliphatic heterocycles. The molecular weight excluding hydrogens is 464 g/mol. The number of carbonyl (C=O) groups is 3. The summed E-state index contributed by atoms with van der Waals surface area (Å²) in [5.74, 6) is -1.81. The van der Waals surface area contributed by atoms with Gasteiger partial charge in [0.1, 0.15) is 18.2 Å². The van der Waals surface area contributed by atoms with Gasteiger partial charge in [-0.25, -0.2) is 9.59 Å². The zero-order chi connectivity index (χ0) is 25.0. The molecule has 1 unspecified atom stereocenters.